The van der Waals surface area contributed by atoms with Gasteiger partial charge in [-0.15, -0.1) is 0 Å². The molecule has 0 N–H and O–H groups in total. The molecule has 5 heteroatoms. The highest BCUT2D eigenvalue weighted by Gasteiger charge is 2.38. The standard InChI is InChI=1S/C11H7F3N2/c1-16-9-5-3-2-4-7(9)8(6-15)10(16)11(12,13)14/h2-5H,1H3. The van der Waals surface area contributed by atoms with Crippen LogP contribution in [0.5, 0.6) is 0 Å². The smallest absolute Gasteiger partial charge is 0.339 e. The third kappa shape index (κ3) is 1.34. The predicted octanol–water partition coefficient (Wildman–Crippen LogP) is 3.07. The Kier molecular flexibility index (Phi) is 2.16. The van der Waals surface area contributed by atoms with Crippen LogP contribution in [0.3, 0.4) is 0 Å². The van der Waals surface area contributed by atoms with Gasteiger partial charge in [-0.3, -0.25) is 0 Å². The Hall–Kier alpha value is -1.96. The molecule has 0 spiro atoms. The lowest BCUT2D eigenvalue weighted by atomic mass is 10.1. The molecule has 2 aromatic rings. The molecule has 1 aromatic carbocycles. The minimum Gasteiger partial charge on any atom is -0.339 e. The zero-order valence-electron chi connectivity index (χ0n) is 8.34. The number of hydrogen-bond donors (Lipinski definition) is 0. The lowest BCUT2D eigenvalue weighted by Crippen LogP contribution is -2.12. The van der Waals surface area contributed by atoms with Crippen LogP contribution in [0.1, 0.15) is 11.3 Å². The number of halogens is 3. The summed E-state index contributed by atoms with van der Waals surface area (Å²) in [4.78, 5) is 0. The number of nitriles is 1. The van der Waals surface area contributed by atoms with Crippen LogP contribution in [0.2, 0.25) is 0 Å². The van der Waals surface area contributed by atoms with Crippen LogP contribution in [0.25, 0.3) is 10.9 Å². The first kappa shape index (κ1) is 10.6. The summed E-state index contributed by atoms with van der Waals surface area (Å²) in [6, 6.07) is 7.96. The van der Waals surface area contributed by atoms with Gasteiger partial charge in [-0.2, -0.15) is 18.4 Å². The van der Waals surface area contributed by atoms with E-state index >= 15 is 0 Å². The van der Waals surface area contributed by atoms with Gasteiger partial charge in [0.1, 0.15) is 11.8 Å². The zero-order valence-corrected chi connectivity index (χ0v) is 8.34. The minimum absolute atomic E-state index is 0.314. The molecule has 0 radical (unpaired) electrons. The third-order valence-electron chi connectivity index (χ3n) is 2.49. The number of para-hydroxylation sites is 1. The molecule has 0 aliphatic carbocycles. The summed E-state index contributed by atoms with van der Waals surface area (Å²) < 4.78 is 39.3. The van der Waals surface area contributed by atoms with Gasteiger partial charge in [0, 0.05) is 18.0 Å². The van der Waals surface area contributed by atoms with Crippen LogP contribution in [0.4, 0.5) is 13.2 Å². The maximum Gasteiger partial charge on any atom is 0.432 e. The van der Waals surface area contributed by atoms with Gasteiger partial charge in [-0.05, 0) is 6.07 Å². The molecule has 2 nitrogen and oxygen atoms in total. The molecule has 0 bridgehead atoms. The van der Waals surface area contributed by atoms with Gasteiger partial charge < -0.3 is 4.57 Å². The second-order valence-corrected chi connectivity index (χ2v) is 3.41. The van der Waals surface area contributed by atoms with Crippen LogP contribution in [0.15, 0.2) is 24.3 Å². The normalized spacial score (nSPS) is 11.7. The number of fused-ring (bicyclic) bond motifs is 1. The van der Waals surface area contributed by atoms with Crippen molar-refractivity contribution in [3.63, 3.8) is 0 Å². The maximum atomic E-state index is 12.8. The van der Waals surface area contributed by atoms with Crippen molar-refractivity contribution in [2.45, 2.75) is 6.18 Å². The molecule has 0 saturated carbocycles. The molecule has 0 unspecified atom stereocenters. The first-order valence-electron chi connectivity index (χ1n) is 4.51. The van der Waals surface area contributed by atoms with Gasteiger partial charge in [0.15, 0.2) is 0 Å². The Balaban J connectivity index is 2.95. The fourth-order valence-electron chi connectivity index (χ4n) is 1.84. The molecular weight excluding hydrogens is 217 g/mol. The van der Waals surface area contributed by atoms with Crippen molar-refractivity contribution >= 4 is 10.9 Å². The van der Waals surface area contributed by atoms with Crippen LogP contribution in [-0.4, -0.2) is 4.57 Å². The third-order valence-corrected chi connectivity index (χ3v) is 2.49. The van der Waals surface area contributed by atoms with Crippen molar-refractivity contribution in [1.29, 1.82) is 5.26 Å². The van der Waals surface area contributed by atoms with Crippen LogP contribution < -0.4 is 0 Å². The number of benzene rings is 1. The molecule has 82 valence electrons. The number of hydrogen-bond acceptors (Lipinski definition) is 1. The topological polar surface area (TPSA) is 28.7 Å². The Morgan fingerprint density at radius 1 is 1.25 bits per heavy atom. The molecular formula is C11H7F3N2. The van der Waals surface area contributed by atoms with Crippen molar-refractivity contribution in [3.05, 3.63) is 35.5 Å². The van der Waals surface area contributed by atoms with Gasteiger partial charge in [-0.25, -0.2) is 0 Å². The predicted molar refractivity (Wildman–Crippen MR) is 52.6 cm³/mol. The Morgan fingerprint density at radius 3 is 2.44 bits per heavy atom. The van der Waals surface area contributed by atoms with E-state index in [-0.39, 0.29) is 5.56 Å². The van der Waals surface area contributed by atoms with E-state index in [0.29, 0.717) is 10.9 Å². The quantitative estimate of drug-likeness (QED) is 0.676. The highest BCUT2D eigenvalue weighted by Crippen LogP contribution is 2.36. The molecule has 1 heterocycles. The van der Waals surface area contributed by atoms with Crippen LogP contribution in [-0.2, 0) is 13.2 Å². The molecule has 0 amide bonds. The Labute approximate surface area is 89.5 Å². The highest BCUT2D eigenvalue weighted by atomic mass is 19.4. The minimum atomic E-state index is -4.52. The van der Waals surface area contributed by atoms with E-state index in [1.165, 1.54) is 13.1 Å². The first-order chi connectivity index (χ1) is 7.46. The summed E-state index contributed by atoms with van der Waals surface area (Å²) in [5.74, 6) is 0. The lowest BCUT2D eigenvalue weighted by Gasteiger charge is -2.08. The second kappa shape index (κ2) is 3.27. The van der Waals surface area contributed by atoms with E-state index < -0.39 is 11.9 Å². The monoisotopic (exact) mass is 224 g/mol. The van der Waals surface area contributed by atoms with E-state index in [1.807, 2.05) is 0 Å². The fourth-order valence-corrected chi connectivity index (χ4v) is 1.84. The average molecular weight is 224 g/mol. The molecule has 0 saturated heterocycles. The second-order valence-electron chi connectivity index (χ2n) is 3.41. The Bertz CT molecular complexity index is 588. The number of nitrogens with zero attached hydrogens (tertiary/aromatic N) is 2. The molecule has 0 fully saturated rings. The van der Waals surface area contributed by atoms with Crippen molar-refractivity contribution in [3.8, 4) is 6.07 Å². The zero-order chi connectivity index (χ0) is 11.9. The van der Waals surface area contributed by atoms with Crippen LogP contribution >= 0.6 is 0 Å². The Morgan fingerprint density at radius 2 is 1.88 bits per heavy atom. The average Bonchev–Trinajstić information content (AvgIpc) is 2.51. The first-order valence-corrected chi connectivity index (χ1v) is 4.51. The molecule has 2 rings (SSSR count). The van der Waals surface area contributed by atoms with E-state index in [1.54, 1.807) is 24.3 Å². The van der Waals surface area contributed by atoms with E-state index in [0.717, 1.165) is 4.57 Å². The molecule has 16 heavy (non-hydrogen) atoms. The molecule has 0 aliphatic heterocycles. The summed E-state index contributed by atoms with van der Waals surface area (Å²) >= 11 is 0. The van der Waals surface area contributed by atoms with Crippen molar-refractivity contribution in [2.24, 2.45) is 7.05 Å². The SMILES string of the molecule is Cn1c(C(F)(F)F)c(C#N)c2ccccc21. The summed E-state index contributed by atoms with van der Waals surface area (Å²) in [6.45, 7) is 0. The van der Waals surface area contributed by atoms with Gasteiger partial charge >= 0.3 is 6.18 Å². The number of rotatable bonds is 0. The maximum absolute atomic E-state index is 12.8. The van der Waals surface area contributed by atoms with Crippen molar-refractivity contribution in [1.82, 2.24) is 4.57 Å². The van der Waals surface area contributed by atoms with Crippen LogP contribution in [0, 0.1) is 11.3 Å². The highest BCUT2D eigenvalue weighted by molar-refractivity contribution is 5.88. The van der Waals surface area contributed by atoms with Crippen molar-refractivity contribution < 1.29 is 13.2 Å². The molecule has 0 atom stereocenters. The number of aryl methyl sites for hydroxylation is 1. The number of alkyl halides is 3. The molecule has 0 aliphatic rings. The number of aromatic nitrogens is 1. The van der Waals surface area contributed by atoms with Gasteiger partial charge in [-0.1, -0.05) is 18.2 Å². The van der Waals surface area contributed by atoms with Gasteiger partial charge in [0.25, 0.3) is 0 Å². The summed E-state index contributed by atoms with van der Waals surface area (Å²) in [5.41, 5.74) is -0.798. The largest absolute Gasteiger partial charge is 0.432 e. The summed E-state index contributed by atoms with van der Waals surface area (Å²) in [5, 5.41) is 9.16. The fraction of sp³-hybridized carbons (Fsp3) is 0.182. The van der Waals surface area contributed by atoms with Gasteiger partial charge in [0.05, 0.1) is 5.56 Å². The van der Waals surface area contributed by atoms with E-state index in [4.69, 9.17) is 5.26 Å². The lowest BCUT2D eigenvalue weighted by molar-refractivity contribution is -0.143. The van der Waals surface area contributed by atoms with E-state index in [9.17, 15) is 13.2 Å². The molecule has 1 aromatic heterocycles. The van der Waals surface area contributed by atoms with E-state index in [2.05, 4.69) is 0 Å². The summed E-state index contributed by atoms with van der Waals surface area (Å²) in [6.07, 6.45) is -4.52. The van der Waals surface area contributed by atoms with Gasteiger partial charge in [0.2, 0.25) is 0 Å². The van der Waals surface area contributed by atoms with Crippen molar-refractivity contribution in [2.75, 3.05) is 0 Å². The summed E-state index contributed by atoms with van der Waals surface area (Å²) in [7, 11) is 1.31.